The van der Waals surface area contributed by atoms with Crippen LogP contribution in [0.1, 0.15) is 0 Å². The van der Waals surface area contributed by atoms with Crippen molar-refractivity contribution in [3.05, 3.63) is 200 Å². The van der Waals surface area contributed by atoms with Gasteiger partial charge in [-0.25, -0.2) is 0 Å². The topological polar surface area (TPSA) is 3.24 Å². The average molecular weight is 656 g/mol. The fourth-order valence-corrected chi connectivity index (χ4v) is 7.87. The van der Waals surface area contributed by atoms with Crippen LogP contribution in [0.5, 0.6) is 0 Å². The van der Waals surface area contributed by atoms with Crippen molar-refractivity contribution < 1.29 is 0 Å². The summed E-state index contributed by atoms with van der Waals surface area (Å²) < 4.78 is 1.31. The molecule has 0 N–H and O–H groups in total. The van der Waals surface area contributed by atoms with Crippen molar-refractivity contribution in [2.45, 2.75) is 0 Å². The zero-order valence-electron chi connectivity index (χ0n) is 27.4. The van der Waals surface area contributed by atoms with Crippen LogP contribution in [0.3, 0.4) is 0 Å². The SMILES string of the molecule is c1ccc(-c2ccc(-c3ccc(N(c4ccc(-c5ccc6ccccc6c5)cc4)c4ccc(-c5cc6ccccc6s5)cc4)cc3)cc2)cc1. The zero-order chi connectivity index (χ0) is 33.3. The highest BCUT2D eigenvalue weighted by molar-refractivity contribution is 7.22. The molecule has 0 saturated carbocycles. The van der Waals surface area contributed by atoms with Gasteiger partial charge in [0.25, 0.3) is 0 Å². The Kier molecular flexibility index (Phi) is 7.77. The van der Waals surface area contributed by atoms with Crippen molar-refractivity contribution in [1.29, 1.82) is 0 Å². The number of rotatable bonds is 7. The van der Waals surface area contributed by atoms with Crippen LogP contribution < -0.4 is 4.90 Å². The maximum Gasteiger partial charge on any atom is 0.0462 e. The number of nitrogens with zero attached hydrogens (tertiary/aromatic N) is 1. The standard InChI is InChI=1S/C48H33NS/c1-2-8-34(9-3-1)36-14-16-37(17-15-36)38-20-26-44(27-21-38)49(46-30-24-40(25-31-46)48-33-43-12-6-7-13-47(43)50-48)45-28-22-39(23-29-45)42-19-18-35-10-4-5-11-41(35)32-42/h1-33H. The molecule has 0 radical (unpaired) electrons. The van der Waals surface area contributed by atoms with Crippen molar-refractivity contribution in [1.82, 2.24) is 0 Å². The first-order valence-corrected chi connectivity index (χ1v) is 17.8. The van der Waals surface area contributed by atoms with Crippen LogP contribution in [0.25, 0.3) is 64.7 Å². The minimum atomic E-state index is 1.11. The summed E-state index contributed by atoms with van der Waals surface area (Å²) in [4.78, 5) is 3.63. The summed E-state index contributed by atoms with van der Waals surface area (Å²) in [5.41, 5.74) is 11.9. The summed E-state index contributed by atoms with van der Waals surface area (Å²) in [7, 11) is 0. The highest BCUT2D eigenvalue weighted by atomic mass is 32.1. The van der Waals surface area contributed by atoms with Crippen molar-refractivity contribution in [2.24, 2.45) is 0 Å². The highest BCUT2D eigenvalue weighted by Gasteiger charge is 2.15. The Bertz CT molecular complexity index is 2510. The maximum absolute atomic E-state index is 2.35. The molecule has 0 fully saturated rings. The van der Waals surface area contributed by atoms with E-state index in [-0.39, 0.29) is 0 Å². The molecule has 1 nitrogen and oxygen atoms in total. The lowest BCUT2D eigenvalue weighted by Crippen LogP contribution is -2.09. The molecule has 0 aliphatic heterocycles. The Morgan fingerprint density at radius 1 is 0.280 bits per heavy atom. The van der Waals surface area contributed by atoms with E-state index in [1.807, 2.05) is 11.3 Å². The fourth-order valence-electron chi connectivity index (χ4n) is 6.81. The van der Waals surface area contributed by atoms with Crippen molar-refractivity contribution in [3.8, 4) is 43.8 Å². The van der Waals surface area contributed by atoms with Crippen LogP contribution in [0.4, 0.5) is 17.1 Å². The quantitative estimate of drug-likeness (QED) is 0.165. The second-order valence-electron chi connectivity index (χ2n) is 12.6. The van der Waals surface area contributed by atoms with Gasteiger partial charge in [0.2, 0.25) is 0 Å². The van der Waals surface area contributed by atoms with E-state index < -0.39 is 0 Å². The van der Waals surface area contributed by atoms with Gasteiger partial charge in [0.1, 0.15) is 0 Å². The van der Waals surface area contributed by atoms with E-state index >= 15 is 0 Å². The van der Waals surface area contributed by atoms with Crippen LogP contribution in [-0.2, 0) is 0 Å². The Labute approximate surface area is 297 Å². The zero-order valence-corrected chi connectivity index (χ0v) is 28.2. The van der Waals surface area contributed by atoms with Gasteiger partial charge in [-0.1, -0.05) is 146 Å². The summed E-state index contributed by atoms with van der Waals surface area (Å²) in [5.74, 6) is 0. The van der Waals surface area contributed by atoms with Crippen LogP contribution in [0.2, 0.25) is 0 Å². The van der Waals surface area contributed by atoms with Crippen molar-refractivity contribution in [3.63, 3.8) is 0 Å². The van der Waals surface area contributed by atoms with Gasteiger partial charge >= 0.3 is 0 Å². The Balaban J connectivity index is 1.06. The molecule has 1 heterocycles. The van der Waals surface area contributed by atoms with Gasteiger partial charge in [-0.15, -0.1) is 11.3 Å². The smallest absolute Gasteiger partial charge is 0.0462 e. The predicted molar refractivity (Wildman–Crippen MR) is 216 cm³/mol. The number of hydrogen-bond donors (Lipinski definition) is 0. The predicted octanol–water partition coefficient (Wildman–Crippen LogP) is 14.2. The molecule has 0 bridgehead atoms. The van der Waals surface area contributed by atoms with Crippen molar-refractivity contribution >= 4 is 49.3 Å². The van der Waals surface area contributed by atoms with Gasteiger partial charge in [-0.2, -0.15) is 0 Å². The summed E-state index contributed by atoms with van der Waals surface area (Å²) in [5, 5.41) is 3.80. The summed E-state index contributed by atoms with van der Waals surface area (Å²) >= 11 is 1.84. The molecule has 0 spiro atoms. The molecule has 0 amide bonds. The molecule has 9 rings (SSSR count). The van der Waals surface area contributed by atoms with E-state index in [2.05, 4.69) is 205 Å². The third kappa shape index (κ3) is 5.87. The Morgan fingerprint density at radius 3 is 1.28 bits per heavy atom. The number of fused-ring (bicyclic) bond motifs is 2. The summed E-state index contributed by atoms with van der Waals surface area (Å²) in [6.07, 6.45) is 0. The molecule has 50 heavy (non-hydrogen) atoms. The van der Waals surface area contributed by atoms with E-state index in [4.69, 9.17) is 0 Å². The lowest BCUT2D eigenvalue weighted by molar-refractivity contribution is 1.28. The number of anilines is 3. The molecule has 2 heteroatoms. The summed E-state index contributed by atoms with van der Waals surface area (Å²) in [6.45, 7) is 0. The van der Waals surface area contributed by atoms with E-state index in [9.17, 15) is 0 Å². The minimum Gasteiger partial charge on any atom is -0.311 e. The normalized spacial score (nSPS) is 11.2. The van der Waals surface area contributed by atoms with Gasteiger partial charge in [0.15, 0.2) is 0 Å². The molecule has 0 atom stereocenters. The van der Waals surface area contributed by atoms with E-state index in [0.717, 1.165) is 17.1 Å². The van der Waals surface area contributed by atoms with Gasteiger partial charge in [0, 0.05) is 26.6 Å². The third-order valence-corrected chi connectivity index (χ3v) is 10.7. The molecular formula is C48H33NS. The van der Waals surface area contributed by atoms with Crippen LogP contribution in [0, 0.1) is 0 Å². The first-order chi connectivity index (χ1) is 24.7. The van der Waals surface area contributed by atoms with E-state index in [1.54, 1.807) is 0 Å². The maximum atomic E-state index is 2.35. The van der Waals surface area contributed by atoms with Gasteiger partial charge < -0.3 is 4.90 Å². The fraction of sp³-hybridized carbons (Fsp3) is 0. The van der Waals surface area contributed by atoms with Gasteiger partial charge in [-0.05, 0) is 110 Å². The lowest BCUT2D eigenvalue weighted by Gasteiger charge is -2.26. The van der Waals surface area contributed by atoms with Crippen LogP contribution in [0.15, 0.2) is 200 Å². The molecule has 8 aromatic carbocycles. The number of hydrogen-bond acceptors (Lipinski definition) is 2. The number of thiophene rings is 1. The molecule has 236 valence electrons. The van der Waals surface area contributed by atoms with E-state index in [0.29, 0.717) is 0 Å². The van der Waals surface area contributed by atoms with Crippen molar-refractivity contribution in [2.75, 3.05) is 4.90 Å². The van der Waals surface area contributed by atoms with Gasteiger partial charge in [-0.3, -0.25) is 0 Å². The third-order valence-electron chi connectivity index (χ3n) is 9.49. The summed E-state index contributed by atoms with van der Waals surface area (Å²) in [6, 6.07) is 72.4. The highest BCUT2D eigenvalue weighted by Crippen LogP contribution is 2.39. The first kappa shape index (κ1) is 29.9. The van der Waals surface area contributed by atoms with Crippen LogP contribution >= 0.6 is 11.3 Å². The molecule has 0 unspecified atom stereocenters. The minimum absolute atomic E-state index is 1.11. The van der Waals surface area contributed by atoms with Crippen LogP contribution in [-0.4, -0.2) is 0 Å². The average Bonchev–Trinajstić information content (AvgIpc) is 3.64. The molecule has 0 aliphatic rings. The first-order valence-electron chi connectivity index (χ1n) is 17.0. The Hall–Kier alpha value is -6.22. The monoisotopic (exact) mass is 655 g/mol. The second-order valence-corrected chi connectivity index (χ2v) is 13.7. The second kappa shape index (κ2) is 13.0. The number of benzene rings is 8. The molecule has 0 aliphatic carbocycles. The molecule has 0 saturated heterocycles. The largest absolute Gasteiger partial charge is 0.311 e. The van der Waals surface area contributed by atoms with E-state index in [1.165, 1.54) is 64.7 Å². The molecular weight excluding hydrogens is 623 g/mol. The lowest BCUT2D eigenvalue weighted by atomic mass is 9.99. The molecule has 9 aromatic rings. The van der Waals surface area contributed by atoms with Gasteiger partial charge in [0.05, 0.1) is 0 Å². The molecule has 1 aromatic heterocycles. The Morgan fingerprint density at radius 2 is 0.700 bits per heavy atom.